The Labute approximate surface area is 146 Å². The van der Waals surface area contributed by atoms with Gasteiger partial charge in [0.2, 0.25) is 0 Å². The van der Waals surface area contributed by atoms with Gasteiger partial charge in [-0.2, -0.15) is 0 Å². The van der Waals surface area contributed by atoms with Crippen LogP contribution in [0.25, 0.3) is 0 Å². The quantitative estimate of drug-likeness (QED) is 0.798. The molecule has 23 heavy (non-hydrogen) atoms. The van der Waals surface area contributed by atoms with E-state index in [0.717, 1.165) is 11.3 Å². The molecule has 0 aliphatic carbocycles. The zero-order valence-electron chi connectivity index (χ0n) is 12.8. The third kappa shape index (κ3) is 6.04. The highest BCUT2D eigenvalue weighted by Gasteiger charge is 2.04. The monoisotopic (exact) mass is 352 g/mol. The Kier molecular flexibility index (Phi) is 6.62. The number of nitrogens with one attached hydrogen (secondary N) is 1. The highest BCUT2D eigenvalue weighted by Crippen LogP contribution is 2.16. The molecule has 3 nitrogen and oxygen atoms in total. The van der Waals surface area contributed by atoms with Gasteiger partial charge in [0.15, 0.2) is 5.11 Å². The average Bonchev–Trinajstić information content (AvgIpc) is 2.54. The van der Waals surface area contributed by atoms with Crippen molar-refractivity contribution in [2.75, 3.05) is 20.2 Å². The first-order chi connectivity index (χ1) is 11.0. The van der Waals surface area contributed by atoms with E-state index in [1.165, 1.54) is 12.1 Å². The summed E-state index contributed by atoms with van der Waals surface area (Å²) < 4.78 is 18.5. The van der Waals surface area contributed by atoms with Gasteiger partial charge in [-0.05, 0) is 48.1 Å². The van der Waals surface area contributed by atoms with Crippen LogP contribution < -0.4 is 10.1 Å². The Bertz CT molecular complexity index is 651. The average molecular weight is 353 g/mol. The lowest BCUT2D eigenvalue weighted by Crippen LogP contribution is -2.38. The van der Waals surface area contributed by atoms with E-state index in [-0.39, 0.29) is 5.82 Å². The summed E-state index contributed by atoms with van der Waals surface area (Å²) >= 11 is 11.2. The normalized spacial score (nSPS) is 10.2. The van der Waals surface area contributed by atoms with E-state index >= 15 is 0 Å². The molecule has 0 atom stereocenters. The summed E-state index contributed by atoms with van der Waals surface area (Å²) in [6.07, 6.45) is 0. The van der Waals surface area contributed by atoms with Crippen molar-refractivity contribution in [2.24, 2.45) is 0 Å². The van der Waals surface area contributed by atoms with Gasteiger partial charge < -0.3 is 15.0 Å². The van der Waals surface area contributed by atoms with Crippen LogP contribution >= 0.6 is 23.8 Å². The molecule has 2 rings (SSSR count). The number of nitrogens with zero attached hydrogens (tertiary/aromatic N) is 1. The van der Waals surface area contributed by atoms with Gasteiger partial charge in [-0.15, -0.1) is 0 Å². The molecular formula is C17H18ClFN2OS. The van der Waals surface area contributed by atoms with E-state index in [9.17, 15) is 4.39 Å². The molecule has 0 saturated heterocycles. The van der Waals surface area contributed by atoms with Crippen LogP contribution in [0, 0.1) is 5.82 Å². The Morgan fingerprint density at radius 1 is 1.26 bits per heavy atom. The molecule has 0 aliphatic rings. The van der Waals surface area contributed by atoms with Crippen molar-refractivity contribution < 1.29 is 9.13 Å². The van der Waals surface area contributed by atoms with E-state index < -0.39 is 0 Å². The molecule has 0 aromatic heterocycles. The maximum Gasteiger partial charge on any atom is 0.169 e. The molecule has 0 heterocycles. The molecule has 0 bridgehead atoms. The van der Waals surface area contributed by atoms with Crippen molar-refractivity contribution in [2.45, 2.75) is 6.54 Å². The van der Waals surface area contributed by atoms with Gasteiger partial charge >= 0.3 is 0 Å². The zero-order valence-corrected chi connectivity index (χ0v) is 14.3. The molecule has 0 radical (unpaired) electrons. The Balaban J connectivity index is 1.71. The van der Waals surface area contributed by atoms with Gasteiger partial charge in [0, 0.05) is 18.6 Å². The predicted molar refractivity (Wildman–Crippen MR) is 95.4 cm³/mol. The lowest BCUT2D eigenvalue weighted by molar-refractivity contribution is 0.283. The number of likely N-dealkylation sites (N-methyl/N-ethyl adjacent to an activating group) is 1. The third-order valence-corrected chi connectivity index (χ3v) is 3.89. The molecule has 122 valence electrons. The summed E-state index contributed by atoms with van der Waals surface area (Å²) in [5.41, 5.74) is 0.970. The fourth-order valence-electron chi connectivity index (χ4n) is 1.87. The summed E-state index contributed by atoms with van der Waals surface area (Å²) in [6, 6.07) is 13.6. The third-order valence-electron chi connectivity index (χ3n) is 3.20. The molecule has 1 N–H and O–H groups in total. The number of benzene rings is 2. The van der Waals surface area contributed by atoms with Crippen molar-refractivity contribution in [1.82, 2.24) is 10.2 Å². The SMILES string of the molecule is CN(CCOc1cccc(Cl)c1)C(=S)NCc1ccc(F)cc1. The van der Waals surface area contributed by atoms with Crippen molar-refractivity contribution in [3.8, 4) is 5.75 Å². The summed E-state index contributed by atoms with van der Waals surface area (Å²) in [6.45, 7) is 1.69. The molecule has 0 fully saturated rings. The van der Waals surface area contributed by atoms with Gasteiger partial charge in [0.05, 0.1) is 6.54 Å². The first-order valence-electron chi connectivity index (χ1n) is 7.16. The highest BCUT2D eigenvalue weighted by atomic mass is 35.5. The van der Waals surface area contributed by atoms with Gasteiger partial charge in [0.1, 0.15) is 18.2 Å². The molecule has 2 aromatic carbocycles. The molecule has 0 saturated carbocycles. The van der Waals surface area contributed by atoms with Crippen LogP contribution in [0.3, 0.4) is 0 Å². The summed E-state index contributed by atoms with van der Waals surface area (Å²) in [5, 5.41) is 4.39. The molecule has 6 heteroatoms. The predicted octanol–water partition coefficient (Wildman–Crippen LogP) is 3.86. The summed E-state index contributed by atoms with van der Waals surface area (Å²) in [4.78, 5) is 1.89. The smallest absolute Gasteiger partial charge is 0.169 e. The minimum Gasteiger partial charge on any atom is -0.492 e. The van der Waals surface area contributed by atoms with E-state index in [1.807, 2.05) is 24.1 Å². The van der Waals surface area contributed by atoms with Crippen LogP contribution in [-0.4, -0.2) is 30.2 Å². The second-order valence-electron chi connectivity index (χ2n) is 5.01. The number of thiocarbonyl (C=S) groups is 1. The van der Waals surface area contributed by atoms with E-state index in [0.29, 0.717) is 29.8 Å². The van der Waals surface area contributed by atoms with Crippen LogP contribution in [-0.2, 0) is 6.54 Å². The van der Waals surface area contributed by atoms with E-state index in [2.05, 4.69) is 5.32 Å². The molecule has 0 spiro atoms. The van der Waals surface area contributed by atoms with Gasteiger partial charge in [-0.1, -0.05) is 29.8 Å². The topological polar surface area (TPSA) is 24.5 Å². The molecule has 0 unspecified atom stereocenters. The maximum absolute atomic E-state index is 12.8. The van der Waals surface area contributed by atoms with Crippen LogP contribution in [0.2, 0.25) is 5.02 Å². The highest BCUT2D eigenvalue weighted by molar-refractivity contribution is 7.80. The Morgan fingerprint density at radius 2 is 2.00 bits per heavy atom. The minimum absolute atomic E-state index is 0.244. The van der Waals surface area contributed by atoms with Crippen LogP contribution in [0.5, 0.6) is 5.75 Å². The lowest BCUT2D eigenvalue weighted by Gasteiger charge is -2.21. The first-order valence-corrected chi connectivity index (χ1v) is 7.95. The summed E-state index contributed by atoms with van der Waals surface area (Å²) in [7, 11) is 1.89. The van der Waals surface area contributed by atoms with Gasteiger partial charge in [-0.3, -0.25) is 0 Å². The molecule has 0 aliphatic heterocycles. The Hall–Kier alpha value is -1.85. The standard InChI is InChI=1S/C17H18ClFN2OS/c1-21(9-10-22-16-4-2-3-14(18)11-16)17(23)20-12-13-5-7-15(19)8-6-13/h2-8,11H,9-10,12H2,1H3,(H,20,23). The van der Waals surface area contributed by atoms with Crippen molar-refractivity contribution in [3.63, 3.8) is 0 Å². The van der Waals surface area contributed by atoms with Crippen LogP contribution in [0.15, 0.2) is 48.5 Å². The fraction of sp³-hybridized carbons (Fsp3) is 0.235. The largest absolute Gasteiger partial charge is 0.492 e. The zero-order chi connectivity index (χ0) is 16.7. The lowest BCUT2D eigenvalue weighted by atomic mass is 10.2. The number of hydrogen-bond donors (Lipinski definition) is 1. The van der Waals surface area contributed by atoms with Crippen molar-refractivity contribution in [3.05, 3.63) is 64.9 Å². The second-order valence-corrected chi connectivity index (χ2v) is 5.84. The van der Waals surface area contributed by atoms with Gasteiger partial charge in [-0.25, -0.2) is 4.39 Å². The molecular weight excluding hydrogens is 335 g/mol. The second kappa shape index (κ2) is 8.70. The van der Waals surface area contributed by atoms with Crippen LogP contribution in [0.1, 0.15) is 5.56 Å². The van der Waals surface area contributed by atoms with E-state index in [1.54, 1.807) is 24.3 Å². The van der Waals surface area contributed by atoms with Crippen molar-refractivity contribution >= 4 is 28.9 Å². The summed E-state index contributed by atoms with van der Waals surface area (Å²) in [5.74, 6) is 0.489. The number of halogens is 2. The maximum atomic E-state index is 12.8. The number of rotatable bonds is 6. The minimum atomic E-state index is -0.244. The number of ether oxygens (including phenoxy) is 1. The fourth-order valence-corrected chi connectivity index (χ4v) is 2.22. The van der Waals surface area contributed by atoms with Crippen LogP contribution in [0.4, 0.5) is 4.39 Å². The first kappa shape index (κ1) is 17.5. The number of hydrogen-bond acceptors (Lipinski definition) is 2. The van der Waals surface area contributed by atoms with E-state index in [4.69, 9.17) is 28.6 Å². The molecule has 0 amide bonds. The Morgan fingerprint density at radius 3 is 2.70 bits per heavy atom. The van der Waals surface area contributed by atoms with Crippen molar-refractivity contribution in [1.29, 1.82) is 0 Å². The van der Waals surface area contributed by atoms with Gasteiger partial charge in [0.25, 0.3) is 0 Å². The molecule has 2 aromatic rings.